The van der Waals surface area contributed by atoms with Crippen LogP contribution in [0.4, 0.5) is 18.9 Å². The summed E-state index contributed by atoms with van der Waals surface area (Å²) in [6, 6.07) is 6.11. The average molecular weight is 256 g/mol. The summed E-state index contributed by atoms with van der Waals surface area (Å²) in [5, 5.41) is 3.26. The quantitative estimate of drug-likeness (QED) is 0.830. The lowest BCUT2D eigenvalue weighted by molar-refractivity contribution is -0.137. The highest BCUT2D eigenvalue weighted by Gasteiger charge is 2.41. The number of hydrogen-bond donors (Lipinski definition) is 1. The summed E-state index contributed by atoms with van der Waals surface area (Å²) in [6.45, 7) is 2.44. The molecular formula is C13H15F3N2. The Morgan fingerprint density at radius 3 is 2.72 bits per heavy atom. The van der Waals surface area contributed by atoms with Crippen molar-refractivity contribution in [3.05, 3.63) is 29.8 Å². The first kappa shape index (κ1) is 11.8. The Balaban J connectivity index is 1.97. The molecule has 2 heterocycles. The van der Waals surface area contributed by atoms with Crippen LogP contribution in [0.15, 0.2) is 24.3 Å². The monoisotopic (exact) mass is 256 g/mol. The molecule has 2 atom stereocenters. The average Bonchev–Trinajstić information content (AvgIpc) is 2.89. The first-order valence-corrected chi connectivity index (χ1v) is 6.21. The van der Waals surface area contributed by atoms with Crippen molar-refractivity contribution in [3.63, 3.8) is 0 Å². The van der Waals surface area contributed by atoms with Crippen LogP contribution in [0.3, 0.4) is 0 Å². The summed E-state index contributed by atoms with van der Waals surface area (Å²) in [6.07, 6.45) is -3.30. The third kappa shape index (κ3) is 1.86. The zero-order chi connectivity index (χ0) is 12.8. The molecule has 2 saturated heterocycles. The molecule has 0 aromatic heterocycles. The number of alkyl halides is 3. The van der Waals surface area contributed by atoms with Gasteiger partial charge in [0.2, 0.25) is 0 Å². The zero-order valence-electron chi connectivity index (χ0n) is 9.87. The van der Waals surface area contributed by atoms with E-state index in [2.05, 4.69) is 5.32 Å². The van der Waals surface area contributed by atoms with E-state index in [1.54, 1.807) is 12.1 Å². The Morgan fingerprint density at radius 1 is 1.17 bits per heavy atom. The third-order valence-corrected chi connectivity index (χ3v) is 3.96. The van der Waals surface area contributed by atoms with Gasteiger partial charge in [-0.15, -0.1) is 0 Å². The van der Waals surface area contributed by atoms with Crippen molar-refractivity contribution in [2.24, 2.45) is 5.92 Å². The molecule has 0 radical (unpaired) electrons. The third-order valence-electron chi connectivity index (χ3n) is 3.96. The van der Waals surface area contributed by atoms with Crippen molar-refractivity contribution in [3.8, 4) is 0 Å². The first-order chi connectivity index (χ1) is 8.57. The summed E-state index contributed by atoms with van der Waals surface area (Å²) >= 11 is 0. The van der Waals surface area contributed by atoms with E-state index >= 15 is 0 Å². The number of halogens is 3. The number of anilines is 1. The lowest BCUT2D eigenvalue weighted by Crippen LogP contribution is -2.35. The molecule has 0 bridgehead atoms. The molecule has 2 fully saturated rings. The lowest BCUT2D eigenvalue weighted by atomic mass is 10.0. The molecule has 0 aliphatic carbocycles. The van der Waals surface area contributed by atoms with Gasteiger partial charge in [0.25, 0.3) is 0 Å². The zero-order valence-corrected chi connectivity index (χ0v) is 9.87. The fourth-order valence-electron chi connectivity index (χ4n) is 3.11. The Morgan fingerprint density at radius 2 is 1.94 bits per heavy atom. The lowest BCUT2D eigenvalue weighted by Gasteiger charge is -2.28. The first-order valence-electron chi connectivity index (χ1n) is 6.21. The molecule has 5 heteroatoms. The standard InChI is InChI=1S/C13H15F3N2/c14-13(15,16)10-3-1-2-4-11(10)18-6-5-9-7-17-8-12(9)18/h1-4,9,12,17H,5-8H2/t9-,12+/m0/s1. The fourth-order valence-corrected chi connectivity index (χ4v) is 3.11. The van der Waals surface area contributed by atoms with Gasteiger partial charge in [-0.05, 0) is 24.5 Å². The minimum Gasteiger partial charge on any atom is -0.366 e. The number of hydrogen-bond acceptors (Lipinski definition) is 2. The van der Waals surface area contributed by atoms with Crippen LogP contribution in [0.25, 0.3) is 0 Å². The van der Waals surface area contributed by atoms with Crippen LogP contribution in [0.5, 0.6) is 0 Å². The minimum atomic E-state index is -4.28. The van der Waals surface area contributed by atoms with Crippen molar-refractivity contribution >= 4 is 5.69 Å². The van der Waals surface area contributed by atoms with E-state index in [-0.39, 0.29) is 6.04 Å². The van der Waals surface area contributed by atoms with Gasteiger partial charge in [-0.2, -0.15) is 13.2 Å². The molecule has 98 valence electrons. The molecule has 2 nitrogen and oxygen atoms in total. The highest BCUT2D eigenvalue weighted by Crippen LogP contribution is 2.40. The van der Waals surface area contributed by atoms with E-state index < -0.39 is 11.7 Å². The van der Waals surface area contributed by atoms with E-state index in [1.807, 2.05) is 4.90 Å². The number of benzene rings is 1. The van der Waals surface area contributed by atoms with Crippen molar-refractivity contribution in [1.29, 1.82) is 0 Å². The van der Waals surface area contributed by atoms with Gasteiger partial charge in [0.15, 0.2) is 0 Å². The van der Waals surface area contributed by atoms with Crippen LogP contribution in [0.2, 0.25) is 0 Å². The van der Waals surface area contributed by atoms with E-state index in [9.17, 15) is 13.2 Å². The molecule has 1 aromatic carbocycles. The van der Waals surface area contributed by atoms with Crippen molar-refractivity contribution in [1.82, 2.24) is 5.32 Å². The number of nitrogens with zero attached hydrogens (tertiary/aromatic N) is 1. The highest BCUT2D eigenvalue weighted by atomic mass is 19.4. The molecular weight excluding hydrogens is 241 g/mol. The largest absolute Gasteiger partial charge is 0.418 e. The van der Waals surface area contributed by atoms with Crippen LogP contribution in [-0.2, 0) is 6.18 Å². The summed E-state index contributed by atoms with van der Waals surface area (Å²) in [4.78, 5) is 1.92. The molecule has 2 aliphatic heterocycles. The van der Waals surface area contributed by atoms with Gasteiger partial charge in [-0.1, -0.05) is 12.1 Å². The molecule has 0 amide bonds. The molecule has 1 aromatic rings. The number of para-hydroxylation sites is 1. The number of fused-ring (bicyclic) bond motifs is 1. The molecule has 2 aliphatic rings. The van der Waals surface area contributed by atoms with Crippen molar-refractivity contribution in [2.75, 3.05) is 24.5 Å². The van der Waals surface area contributed by atoms with Gasteiger partial charge in [-0.3, -0.25) is 0 Å². The van der Waals surface area contributed by atoms with Gasteiger partial charge in [-0.25, -0.2) is 0 Å². The Bertz CT molecular complexity index is 444. The summed E-state index contributed by atoms with van der Waals surface area (Å²) in [5.41, 5.74) is -0.182. The Kier molecular flexibility index (Phi) is 2.73. The van der Waals surface area contributed by atoms with E-state index in [0.29, 0.717) is 11.6 Å². The molecule has 0 spiro atoms. The van der Waals surface area contributed by atoms with Crippen molar-refractivity contribution in [2.45, 2.75) is 18.6 Å². The van der Waals surface area contributed by atoms with Crippen LogP contribution in [-0.4, -0.2) is 25.7 Å². The molecule has 0 saturated carbocycles. The molecule has 0 unspecified atom stereocenters. The maximum atomic E-state index is 13.0. The molecule has 1 N–H and O–H groups in total. The topological polar surface area (TPSA) is 15.3 Å². The van der Waals surface area contributed by atoms with Crippen LogP contribution < -0.4 is 10.2 Å². The smallest absolute Gasteiger partial charge is 0.366 e. The summed E-state index contributed by atoms with van der Waals surface area (Å²) < 4.78 is 39.0. The number of rotatable bonds is 1. The Labute approximate surface area is 104 Å². The second-order valence-electron chi connectivity index (χ2n) is 4.98. The predicted molar refractivity (Wildman–Crippen MR) is 63.6 cm³/mol. The van der Waals surface area contributed by atoms with Crippen LogP contribution in [0, 0.1) is 5.92 Å². The Hall–Kier alpha value is -1.23. The molecule has 3 rings (SSSR count). The fraction of sp³-hybridized carbons (Fsp3) is 0.538. The van der Waals surface area contributed by atoms with E-state index in [1.165, 1.54) is 12.1 Å². The SMILES string of the molecule is FC(F)(F)c1ccccc1N1CC[C@H]2CNC[C@H]21. The summed E-state index contributed by atoms with van der Waals surface area (Å²) in [7, 11) is 0. The van der Waals surface area contributed by atoms with E-state index in [0.717, 1.165) is 26.1 Å². The van der Waals surface area contributed by atoms with Crippen LogP contribution in [0.1, 0.15) is 12.0 Å². The second-order valence-corrected chi connectivity index (χ2v) is 4.98. The maximum Gasteiger partial charge on any atom is 0.418 e. The number of nitrogens with one attached hydrogen (secondary N) is 1. The normalized spacial score (nSPS) is 27.6. The van der Waals surface area contributed by atoms with Gasteiger partial charge in [0.05, 0.1) is 5.56 Å². The highest BCUT2D eigenvalue weighted by molar-refractivity contribution is 5.57. The van der Waals surface area contributed by atoms with Gasteiger partial charge in [0.1, 0.15) is 0 Å². The predicted octanol–water partition coefficient (Wildman–Crippen LogP) is 2.50. The summed E-state index contributed by atoms with van der Waals surface area (Å²) in [5.74, 6) is 0.492. The van der Waals surface area contributed by atoms with Gasteiger partial charge >= 0.3 is 6.18 Å². The van der Waals surface area contributed by atoms with Crippen LogP contribution >= 0.6 is 0 Å². The minimum absolute atomic E-state index is 0.216. The van der Waals surface area contributed by atoms with Gasteiger partial charge < -0.3 is 10.2 Å². The second kappa shape index (κ2) is 4.16. The van der Waals surface area contributed by atoms with Crippen molar-refractivity contribution < 1.29 is 13.2 Å². The van der Waals surface area contributed by atoms with Gasteiger partial charge in [0, 0.05) is 31.4 Å². The molecule has 18 heavy (non-hydrogen) atoms. The maximum absolute atomic E-state index is 13.0. The van der Waals surface area contributed by atoms with E-state index in [4.69, 9.17) is 0 Å².